The van der Waals surface area contributed by atoms with Gasteiger partial charge in [-0.05, 0) is 48.4 Å². The fraction of sp³-hybridized carbons (Fsp3) is 0.500. The molecule has 5 rings (SSSR count). The molecule has 2 fully saturated rings. The van der Waals surface area contributed by atoms with Crippen molar-refractivity contribution in [3.8, 4) is 0 Å². The molecular weight excluding hydrogens is 471 g/mol. The summed E-state index contributed by atoms with van der Waals surface area (Å²) in [6.45, 7) is 8.02. The Morgan fingerprint density at radius 1 is 1.19 bits per heavy atom. The van der Waals surface area contributed by atoms with Crippen molar-refractivity contribution in [1.29, 1.82) is 0 Å². The Kier molecular flexibility index (Phi) is 6.21. The summed E-state index contributed by atoms with van der Waals surface area (Å²) < 4.78 is 41.4. The third kappa shape index (κ3) is 5.37. The lowest BCUT2D eigenvalue weighted by molar-refractivity contribution is -0.118. The average Bonchev–Trinajstić information content (AvgIpc) is 2.86. The van der Waals surface area contributed by atoms with Gasteiger partial charge in [0.15, 0.2) is 0 Å². The summed E-state index contributed by atoms with van der Waals surface area (Å²) in [5.74, 6) is 2.43. The number of alkyl halides is 1. The first kappa shape index (κ1) is 21.7. The van der Waals surface area contributed by atoms with Gasteiger partial charge in [0.2, 0.25) is 5.95 Å². The van der Waals surface area contributed by atoms with Gasteiger partial charge in [-0.15, -0.1) is 0 Å². The number of ether oxygens (including phenoxy) is 1. The summed E-state index contributed by atoms with van der Waals surface area (Å²) >= 11 is 0. The van der Waals surface area contributed by atoms with Gasteiger partial charge in [0, 0.05) is 62.5 Å². The van der Waals surface area contributed by atoms with Gasteiger partial charge in [-0.2, -0.15) is 4.98 Å². The maximum absolute atomic E-state index is 14.7. The SMILES string of the molecule is [2H]C([2H])([2H])O[C@@H]1CCN(c2nccc(Nc3cc4c(C(C)C)ccc(N5CC(CC(C)=O)C5)c4cn3)n2)C[C@@H]1F. The summed E-state index contributed by atoms with van der Waals surface area (Å²) in [4.78, 5) is 29.1. The van der Waals surface area contributed by atoms with Gasteiger partial charge in [0.25, 0.3) is 0 Å². The summed E-state index contributed by atoms with van der Waals surface area (Å²) in [6, 6.07) is 8.07. The number of benzene rings is 1. The first-order valence-electron chi connectivity index (χ1n) is 14.3. The van der Waals surface area contributed by atoms with Crippen molar-refractivity contribution in [2.75, 3.05) is 48.3 Å². The number of rotatable bonds is 8. The minimum atomic E-state index is -2.63. The van der Waals surface area contributed by atoms with Crippen LogP contribution in [0.1, 0.15) is 49.2 Å². The molecule has 3 aromatic rings. The second-order valence-corrected chi connectivity index (χ2v) is 10.4. The molecule has 2 aliphatic heterocycles. The molecule has 37 heavy (non-hydrogen) atoms. The Morgan fingerprint density at radius 2 is 2.03 bits per heavy atom. The van der Waals surface area contributed by atoms with Gasteiger partial charge in [-0.1, -0.05) is 19.9 Å². The van der Waals surface area contributed by atoms with Gasteiger partial charge >= 0.3 is 0 Å². The molecule has 1 N–H and O–H groups in total. The van der Waals surface area contributed by atoms with Gasteiger partial charge in [0.05, 0.1) is 16.8 Å². The smallest absolute Gasteiger partial charge is 0.227 e. The van der Waals surface area contributed by atoms with Crippen molar-refractivity contribution >= 4 is 39.8 Å². The van der Waals surface area contributed by atoms with E-state index < -0.39 is 19.3 Å². The molecule has 9 heteroatoms. The van der Waals surface area contributed by atoms with E-state index >= 15 is 0 Å². The second-order valence-electron chi connectivity index (χ2n) is 10.4. The topological polar surface area (TPSA) is 83.5 Å². The fourth-order valence-electron chi connectivity index (χ4n) is 5.30. The third-order valence-corrected chi connectivity index (χ3v) is 7.22. The normalized spacial score (nSPS) is 21.9. The first-order chi connectivity index (χ1) is 19.0. The van der Waals surface area contributed by atoms with Crippen molar-refractivity contribution in [2.24, 2.45) is 5.92 Å². The summed E-state index contributed by atoms with van der Waals surface area (Å²) in [5.41, 5.74) is 2.33. The van der Waals surface area contributed by atoms with E-state index in [0.717, 1.165) is 29.5 Å². The number of hydrogen-bond donors (Lipinski definition) is 1. The molecule has 8 nitrogen and oxygen atoms in total. The molecular formula is C28H35FN6O2. The van der Waals surface area contributed by atoms with Crippen LogP contribution in [0.5, 0.6) is 0 Å². The highest BCUT2D eigenvalue weighted by molar-refractivity contribution is 5.98. The molecule has 0 saturated carbocycles. The zero-order valence-electron chi connectivity index (χ0n) is 24.4. The number of methoxy groups -OCH3 is 1. The Morgan fingerprint density at radius 3 is 2.76 bits per heavy atom. The minimum absolute atomic E-state index is 0.0529. The van der Waals surface area contributed by atoms with Crippen LogP contribution >= 0.6 is 0 Å². The van der Waals surface area contributed by atoms with Gasteiger partial charge < -0.3 is 24.6 Å². The lowest BCUT2D eigenvalue weighted by Gasteiger charge is -2.41. The number of halogens is 1. The van der Waals surface area contributed by atoms with Gasteiger partial charge in [0.1, 0.15) is 23.6 Å². The number of ketones is 1. The lowest BCUT2D eigenvalue weighted by Crippen LogP contribution is -2.47. The molecule has 2 aliphatic rings. The highest BCUT2D eigenvalue weighted by Crippen LogP contribution is 2.37. The zero-order valence-corrected chi connectivity index (χ0v) is 21.4. The Hall–Kier alpha value is -3.33. The number of carbonyl (C=O) groups is 1. The van der Waals surface area contributed by atoms with E-state index in [9.17, 15) is 9.18 Å². The largest absolute Gasteiger partial charge is 0.378 e. The number of carbonyl (C=O) groups excluding carboxylic acids is 1. The number of fused-ring (bicyclic) bond motifs is 1. The third-order valence-electron chi connectivity index (χ3n) is 7.22. The summed E-state index contributed by atoms with van der Waals surface area (Å²) in [7, 11) is -2.63. The number of pyridine rings is 1. The Balaban J connectivity index is 1.33. The molecule has 0 amide bonds. The summed E-state index contributed by atoms with van der Waals surface area (Å²) in [5, 5.41) is 5.44. The van der Waals surface area contributed by atoms with E-state index in [4.69, 9.17) is 8.85 Å². The average molecular weight is 510 g/mol. The van der Waals surface area contributed by atoms with E-state index in [1.807, 2.05) is 12.3 Å². The zero-order chi connectivity index (χ0) is 28.6. The number of nitrogens with one attached hydrogen (secondary N) is 1. The maximum atomic E-state index is 14.7. The van der Waals surface area contributed by atoms with E-state index in [2.05, 4.69) is 51.1 Å². The molecule has 0 bridgehead atoms. The number of aromatic nitrogens is 3. The summed E-state index contributed by atoms with van der Waals surface area (Å²) in [6.07, 6.45) is 1.87. The fourth-order valence-corrected chi connectivity index (χ4v) is 5.30. The molecule has 0 aliphatic carbocycles. The Labute approximate surface area is 221 Å². The molecule has 0 spiro atoms. The standard InChI is InChI=1S/C28H35FN6O2/c1-17(2)20-5-6-24(35-14-19(15-35)11-18(3)36)22-13-31-27(12-21(20)22)32-26-7-9-30-28(33-26)34-10-8-25(37-4)23(29)16-34/h5-7,9,12-13,17,19,23,25H,8,10-11,14-16H2,1-4H3,(H,30,31,32,33)/t23-,25+/m0/s1/i4D3. The van der Waals surface area contributed by atoms with Crippen LogP contribution in [0.25, 0.3) is 10.8 Å². The van der Waals surface area contributed by atoms with E-state index in [0.29, 0.717) is 42.4 Å². The lowest BCUT2D eigenvalue weighted by atomic mass is 9.91. The van der Waals surface area contributed by atoms with Gasteiger partial charge in [-0.25, -0.2) is 14.4 Å². The van der Waals surface area contributed by atoms with Crippen molar-refractivity contribution in [3.63, 3.8) is 0 Å². The van der Waals surface area contributed by atoms with Crippen molar-refractivity contribution in [2.45, 2.75) is 51.8 Å². The van der Waals surface area contributed by atoms with Crippen molar-refractivity contribution in [1.82, 2.24) is 15.0 Å². The predicted octanol–water partition coefficient (Wildman–Crippen LogP) is 4.87. The Bertz CT molecular complexity index is 1380. The van der Waals surface area contributed by atoms with Crippen LogP contribution < -0.4 is 15.1 Å². The number of Topliss-reactive ketones (excluding diaryl/α,β-unsaturated/α-hetero) is 1. The molecule has 1 aromatic carbocycles. The molecule has 2 aromatic heterocycles. The van der Waals surface area contributed by atoms with Crippen LogP contribution in [0.3, 0.4) is 0 Å². The van der Waals surface area contributed by atoms with Crippen molar-refractivity contribution in [3.05, 3.63) is 42.2 Å². The molecule has 0 unspecified atom stereocenters. The maximum Gasteiger partial charge on any atom is 0.227 e. The van der Waals surface area contributed by atoms with Crippen LogP contribution in [0.15, 0.2) is 36.7 Å². The highest BCUT2D eigenvalue weighted by Gasteiger charge is 2.31. The van der Waals surface area contributed by atoms with Gasteiger partial charge in [-0.3, -0.25) is 0 Å². The molecule has 196 valence electrons. The quantitative estimate of drug-likeness (QED) is 0.461. The van der Waals surface area contributed by atoms with E-state index in [-0.39, 0.29) is 18.7 Å². The number of nitrogens with zero attached hydrogens (tertiary/aromatic N) is 5. The van der Waals surface area contributed by atoms with E-state index in [1.54, 1.807) is 24.1 Å². The first-order valence-corrected chi connectivity index (χ1v) is 12.8. The number of hydrogen-bond acceptors (Lipinski definition) is 8. The second kappa shape index (κ2) is 10.6. The van der Waals surface area contributed by atoms with Crippen molar-refractivity contribution < 1.29 is 18.0 Å². The predicted molar refractivity (Wildman–Crippen MR) is 145 cm³/mol. The molecule has 4 heterocycles. The monoisotopic (exact) mass is 509 g/mol. The minimum Gasteiger partial charge on any atom is -0.378 e. The van der Waals surface area contributed by atoms with E-state index in [1.165, 1.54) is 5.56 Å². The van der Waals surface area contributed by atoms with Crippen LogP contribution in [-0.4, -0.2) is 66.2 Å². The van der Waals surface area contributed by atoms with Crippen LogP contribution in [0, 0.1) is 5.92 Å². The molecule has 2 atom stereocenters. The van der Waals surface area contributed by atoms with Crippen LogP contribution in [0.4, 0.5) is 27.7 Å². The number of piperidine rings is 1. The van der Waals surface area contributed by atoms with Crippen LogP contribution in [0.2, 0.25) is 0 Å². The van der Waals surface area contributed by atoms with Crippen LogP contribution in [-0.2, 0) is 9.53 Å². The molecule has 2 saturated heterocycles. The number of anilines is 4. The molecule has 0 radical (unpaired) electrons. The highest BCUT2D eigenvalue weighted by atomic mass is 19.1.